The zero-order valence-corrected chi connectivity index (χ0v) is 13.1. The zero-order chi connectivity index (χ0) is 14.5. The molecule has 1 aromatic heterocycles. The standard InChI is InChI=1S/C13H21Cl2N3O/c1-4-6-16-11-9(14)7-10(15)12(18-11)17-8-13(3,19)5-2/h7,19H,4-6,8H2,1-3H3,(H2,16,17,18). The molecule has 0 bridgehead atoms. The van der Waals surface area contributed by atoms with Gasteiger partial charge in [-0.15, -0.1) is 0 Å². The van der Waals surface area contributed by atoms with Gasteiger partial charge in [0.25, 0.3) is 0 Å². The third-order valence-corrected chi connectivity index (χ3v) is 3.45. The molecule has 19 heavy (non-hydrogen) atoms. The Morgan fingerprint density at radius 1 is 1.21 bits per heavy atom. The topological polar surface area (TPSA) is 57.2 Å². The normalized spacial score (nSPS) is 14.0. The predicted octanol–water partition coefficient (Wildman–Crippen LogP) is 3.78. The smallest absolute Gasteiger partial charge is 0.147 e. The first-order valence-electron chi connectivity index (χ1n) is 6.45. The highest BCUT2D eigenvalue weighted by molar-refractivity contribution is 6.37. The van der Waals surface area contributed by atoms with Crippen molar-refractivity contribution in [3.63, 3.8) is 0 Å². The summed E-state index contributed by atoms with van der Waals surface area (Å²) in [6, 6.07) is 1.65. The zero-order valence-electron chi connectivity index (χ0n) is 11.6. The summed E-state index contributed by atoms with van der Waals surface area (Å²) in [5.41, 5.74) is -0.790. The molecule has 3 N–H and O–H groups in total. The Hall–Kier alpha value is -0.710. The fourth-order valence-corrected chi connectivity index (χ4v) is 1.85. The lowest BCUT2D eigenvalue weighted by Crippen LogP contribution is -2.32. The van der Waals surface area contributed by atoms with Crippen LogP contribution in [0.25, 0.3) is 0 Å². The van der Waals surface area contributed by atoms with Gasteiger partial charge < -0.3 is 15.7 Å². The van der Waals surface area contributed by atoms with Gasteiger partial charge in [-0.1, -0.05) is 37.0 Å². The van der Waals surface area contributed by atoms with Gasteiger partial charge in [-0.05, 0) is 25.8 Å². The number of hydrogen-bond donors (Lipinski definition) is 3. The number of nitrogens with one attached hydrogen (secondary N) is 2. The molecule has 0 fully saturated rings. The Balaban J connectivity index is 2.82. The highest BCUT2D eigenvalue weighted by Gasteiger charge is 2.18. The molecule has 0 radical (unpaired) electrons. The van der Waals surface area contributed by atoms with E-state index in [1.54, 1.807) is 13.0 Å². The van der Waals surface area contributed by atoms with E-state index in [0.717, 1.165) is 13.0 Å². The first-order valence-corrected chi connectivity index (χ1v) is 7.21. The SMILES string of the molecule is CCCNc1nc(NCC(C)(O)CC)c(Cl)cc1Cl. The highest BCUT2D eigenvalue weighted by atomic mass is 35.5. The summed E-state index contributed by atoms with van der Waals surface area (Å²) in [5, 5.41) is 17.1. The number of aliphatic hydroxyl groups is 1. The summed E-state index contributed by atoms with van der Waals surface area (Å²) in [6.07, 6.45) is 1.63. The van der Waals surface area contributed by atoms with Gasteiger partial charge >= 0.3 is 0 Å². The van der Waals surface area contributed by atoms with E-state index in [9.17, 15) is 5.11 Å². The third-order valence-electron chi connectivity index (χ3n) is 2.87. The fourth-order valence-electron chi connectivity index (χ4n) is 1.36. The van der Waals surface area contributed by atoms with E-state index in [2.05, 4.69) is 22.5 Å². The molecule has 0 spiro atoms. The van der Waals surface area contributed by atoms with Crippen LogP contribution in [0.5, 0.6) is 0 Å². The summed E-state index contributed by atoms with van der Waals surface area (Å²) in [6.45, 7) is 6.92. The maximum atomic E-state index is 9.97. The van der Waals surface area contributed by atoms with Crippen LogP contribution in [0, 0.1) is 0 Å². The average Bonchev–Trinajstić information content (AvgIpc) is 2.36. The second-order valence-electron chi connectivity index (χ2n) is 4.78. The average molecular weight is 306 g/mol. The van der Waals surface area contributed by atoms with Crippen molar-refractivity contribution in [2.24, 2.45) is 0 Å². The molecule has 1 heterocycles. The van der Waals surface area contributed by atoms with E-state index < -0.39 is 5.60 Å². The fraction of sp³-hybridized carbons (Fsp3) is 0.615. The molecule has 0 saturated carbocycles. The molecule has 0 aromatic carbocycles. The van der Waals surface area contributed by atoms with Crippen molar-refractivity contribution in [3.8, 4) is 0 Å². The molecule has 0 amide bonds. The Bertz CT molecular complexity index is 425. The Kier molecular flexibility index (Phi) is 6.17. The minimum Gasteiger partial charge on any atom is -0.388 e. The van der Waals surface area contributed by atoms with Crippen molar-refractivity contribution in [2.75, 3.05) is 23.7 Å². The van der Waals surface area contributed by atoms with Gasteiger partial charge in [0, 0.05) is 13.1 Å². The minimum absolute atomic E-state index is 0.380. The van der Waals surface area contributed by atoms with Crippen LogP contribution in [0.4, 0.5) is 11.6 Å². The minimum atomic E-state index is -0.790. The van der Waals surface area contributed by atoms with Crippen LogP contribution in [-0.2, 0) is 0 Å². The lowest BCUT2D eigenvalue weighted by molar-refractivity contribution is 0.0696. The molecule has 4 nitrogen and oxygen atoms in total. The van der Waals surface area contributed by atoms with Gasteiger partial charge in [0.1, 0.15) is 11.6 Å². The first kappa shape index (κ1) is 16.3. The third kappa shape index (κ3) is 5.05. The number of nitrogens with zero attached hydrogens (tertiary/aromatic N) is 1. The lowest BCUT2D eigenvalue weighted by Gasteiger charge is -2.22. The lowest BCUT2D eigenvalue weighted by atomic mass is 10.0. The monoisotopic (exact) mass is 305 g/mol. The van der Waals surface area contributed by atoms with Gasteiger partial charge in [-0.25, -0.2) is 4.98 Å². The number of anilines is 2. The molecule has 1 unspecified atom stereocenters. The molecule has 108 valence electrons. The summed E-state index contributed by atoms with van der Waals surface area (Å²) in [7, 11) is 0. The molecule has 1 rings (SSSR count). The van der Waals surface area contributed by atoms with Crippen LogP contribution in [-0.4, -0.2) is 28.8 Å². The van der Waals surface area contributed by atoms with Gasteiger partial charge in [-0.2, -0.15) is 0 Å². The van der Waals surface area contributed by atoms with Crippen LogP contribution in [0.15, 0.2) is 6.07 Å². The summed E-state index contributed by atoms with van der Waals surface area (Å²) < 4.78 is 0. The van der Waals surface area contributed by atoms with E-state index >= 15 is 0 Å². The van der Waals surface area contributed by atoms with E-state index in [4.69, 9.17) is 23.2 Å². The summed E-state index contributed by atoms with van der Waals surface area (Å²) >= 11 is 12.2. The number of rotatable bonds is 7. The van der Waals surface area contributed by atoms with E-state index in [1.807, 2.05) is 6.92 Å². The molecular weight excluding hydrogens is 285 g/mol. The largest absolute Gasteiger partial charge is 0.388 e. The maximum absolute atomic E-state index is 9.97. The van der Waals surface area contributed by atoms with Crippen molar-refractivity contribution >= 4 is 34.8 Å². The summed E-state index contributed by atoms with van der Waals surface area (Å²) in [5.74, 6) is 1.13. The Morgan fingerprint density at radius 2 is 1.79 bits per heavy atom. The highest BCUT2D eigenvalue weighted by Crippen LogP contribution is 2.29. The van der Waals surface area contributed by atoms with Gasteiger partial charge in [0.05, 0.1) is 15.6 Å². The molecule has 0 aliphatic carbocycles. The molecule has 0 aliphatic heterocycles. The Morgan fingerprint density at radius 3 is 2.32 bits per heavy atom. The van der Waals surface area contributed by atoms with Crippen molar-refractivity contribution in [1.82, 2.24) is 4.98 Å². The number of halogens is 2. The van der Waals surface area contributed by atoms with E-state index in [1.165, 1.54) is 0 Å². The first-order chi connectivity index (χ1) is 8.89. The van der Waals surface area contributed by atoms with Gasteiger partial charge in [0.15, 0.2) is 0 Å². The molecule has 6 heteroatoms. The number of pyridine rings is 1. The second-order valence-corrected chi connectivity index (χ2v) is 5.59. The van der Waals surface area contributed by atoms with Crippen molar-refractivity contribution in [3.05, 3.63) is 16.1 Å². The van der Waals surface area contributed by atoms with E-state index in [-0.39, 0.29) is 0 Å². The van der Waals surface area contributed by atoms with Gasteiger partial charge in [-0.3, -0.25) is 0 Å². The molecule has 1 atom stereocenters. The van der Waals surface area contributed by atoms with Gasteiger partial charge in [0.2, 0.25) is 0 Å². The quantitative estimate of drug-likeness (QED) is 0.717. The van der Waals surface area contributed by atoms with Crippen LogP contribution >= 0.6 is 23.2 Å². The summed E-state index contributed by atoms with van der Waals surface area (Å²) in [4.78, 5) is 4.35. The number of hydrogen-bond acceptors (Lipinski definition) is 4. The van der Waals surface area contributed by atoms with Crippen LogP contribution in [0.3, 0.4) is 0 Å². The second kappa shape index (κ2) is 7.17. The van der Waals surface area contributed by atoms with Crippen LogP contribution in [0.1, 0.15) is 33.6 Å². The number of aromatic nitrogens is 1. The maximum Gasteiger partial charge on any atom is 0.147 e. The Labute approximate surface area is 124 Å². The predicted molar refractivity (Wildman–Crippen MR) is 82.4 cm³/mol. The van der Waals surface area contributed by atoms with Crippen molar-refractivity contribution < 1.29 is 5.11 Å². The van der Waals surface area contributed by atoms with Crippen molar-refractivity contribution in [1.29, 1.82) is 0 Å². The molecular formula is C13H21Cl2N3O. The molecule has 0 saturated heterocycles. The molecule has 1 aromatic rings. The van der Waals surface area contributed by atoms with Crippen molar-refractivity contribution in [2.45, 2.75) is 39.2 Å². The molecule has 0 aliphatic rings. The van der Waals surface area contributed by atoms with E-state index in [0.29, 0.717) is 34.6 Å². The van der Waals surface area contributed by atoms with Crippen LogP contribution < -0.4 is 10.6 Å². The van der Waals surface area contributed by atoms with Crippen LogP contribution in [0.2, 0.25) is 10.0 Å².